The second-order valence-electron chi connectivity index (χ2n) is 9.19. The fourth-order valence-corrected chi connectivity index (χ4v) is 4.79. The van der Waals surface area contributed by atoms with E-state index < -0.39 is 0 Å². The predicted octanol–water partition coefficient (Wildman–Crippen LogP) is 6.43. The standard InChI is InChI=1S/C28H41N3OS/c1-5-16-30-17-9-12-25-20-23(14-15-27(25)30)21-31(18-10-19-32-22(3)4)28(33)29-26-13-8-7-11-24(26)6-2/h7-8,11,13-15,20,22H,5-6,9-10,12,16-19,21H2,1-4H3,(H,29,33). The Morgan fingerprint density at radius 3 is 2.76 bits per heavy atom. The molecule has 0 bridgehead atoms. The molecule has 0 amide bonds. The molecule has 0 aromatic heterocycles. The highest BCUT2D eigenvalue weighted by Crippen LogP contribution is 2.29. The molecule has 3 rings (SSSR count). The molecule has 5 heteroatoms. The van der Waals surface area contributed by atoms with E-state index in [2.05, 4.69) is 85.3 Å². The Labute approximate surface area is 206 Å². The average molecular weight is 468 g/mol. The van der Waals surface area contributed by atoms with Crippen LogP contribution in [-0.2, 0) is 24.1 Å². The van der Waals surface area contributed by atoms with Crippen LogP contribution < -0.4 is 10.2 Å². The third-order valence-corrected chi connectivity index (χ3v) is 6.54. The maximum Gasteiger partial charge on any atom is 0.173 e. The van der Waals surface area contributed by atoms with Crippen LogP contribution in [0.1, 0.15) is 63.6 Å². The normalized spacial score (nSPS) is 13.2. The molecule has 0 saturated heterocycles. The molecule has 0 fully saturated rings. The lowest BCUT2D eigenvalue weighted by atomic mass is 9.99. The van der Waals surface area contributed by atoms with Crippen LogP contribution in [-0.4, -0.2) is 42.4 Å². The van der Waals surface area contributed by atoms with Gasteiger partial charge in [0.05, 0.1) is 6.10 Å². The Morgan fingerprint density at radius 1 is 1.18 bits per heavy atom. The van der Waals surface area contributed by atoms with Crippen molar-refractivity contribution in [3.8, 4) is 0 Å². The van der Waals surface area contributed by atoms with Crippen molar-refractivity contribution in [3.05, 3.63) is 59.2 Å². The van der Waals surface area contributed by atoms with Crippen LogP contribution in [0, 0.1) is 0 Å². The van der Waals surface area contributed by atoms with Crippen molar-refractivity contribution in [2.45, 2.75) is 72.4 Å². The summed E-state index contributed by atoms with van der Waals surface area (Å²) in [5, 5.41) is 4.31. The number of para-hydroxylation sites is 1. The number of thiocarbonyl (C=S) groups is 1. The lowest BCUT2D eigenvalue weighted by Gasteiger charge is -2.32. The number of benzene rings is 2. The Hall–Kier alpha value is -2.11. The minimum absolute atomic E-state index is 0.256. The number of anilines is 2. The van der Waals surface area contributed by atoms with E-state index >= 15 is 0 Å². The van der Waals surface area contributed by atoms with Gasteiger partial charge in [0.25, 0.3) is 0 Å². The number of fused-ring (bicyclic) bond motifs is 1. The first-order valence-corrected chi connectivity index (χ1v) is 13.0. The second kappa shape index (κ2) is 13.0. The van der Waals surface area contributed by atoms with Gasteiger partial charge in [0.2, 0.25) is 0 Å². The Bertz CT molecular complexity index is 898. The summed E-state index contributed by atoms with van der Waals surface area (Å²) >= 11 is 5.91. The number of nitrogens with one attached hydrogen (secondary N) is 1. The van der Waals surface area contributed by atoms with Crippen LogP contribution in [0.15, 0.2) is 42.5 Å². The van der Waals surface area contributed by atoms with Gasteiger partial charge in [-0.1, -0.05) is 44.2 Å². The molecule has 0 radical (unpaired) electrons. The van der Waals surface area contributed by atoms with Gasteiger partial charge in [-0.15, -0.1) is 0 Å². The van der Waals surface area contributed by atoms with E-state index in [-0.39, 0.29) is 6.10 Å². The molecule has 0 spiro atoms. The monoisotopic (exact) mass is 467 g/mol. The summed E-state index contributed by atoms with van der Waals surface area (Å²) in [5.74, 6) is 0. The molecule has 33 heavy (non-hydrogen) atoms. The number of aryl methyl sites for hydroxylation is 2. The van der Waals surface area contributed by atoms with Gasteiger partial charge in [0, 0.05) is 44.2 Å². The largest absolute Gasteiger partial charge is 0.379 e. The number of hydrogen-bond acceptors (Lipinski definition) is 3. The van der Waals surface area contributed by atoms with E-state index in [4.69, 9.17) is 17.0 Å². The zero-order chi connectivity index (χ0) is 23.6. The fraction of sp³-hybridized carbons (Fsp3) is 0.536. The minimum Gasteiger partial charge on any atom is -0.379 e. The lowest BCUT2D eigenvalue weighted by molar-refractivity contribution is 0.0739. The van der Waals surface area contributed by atoms with Crippen LogP contribution in [0.2, 0.25) is 0 Å². The SMILES string of the molecule is CCCN1CCCc2cc(CN(CCCOC(C)C)C(=S)Nc3ccccc3CC)ccc21. The Balaban J connectivity index is 1.74. The van der Waals surface area contributed by atoms with Crippen molar-refractivity contribution in [1.29, 1.82) is 0 Å². The van der Waals surface area contributed by atoms with Crippen LogP contribution >= 0.6 is 12.2 Å². The molecule has 0 saturated carbocycles. The third kappa shape index (κ3) is 7.44. The van der Waals surface area contributed by atoms with Gasteiger partial charge in [0.1, 0.15) is 0 Å². The topological polar surface area (TPSA) is 27.7 Å². The summed E-state index contributed by atoms with van der Waals surface area (Å²) < 4.78 is 5.79. The highest BCUT2D eigenvalue weighted by molar-refractivity contribution is 7.80. The highest BCUT2D eigenvalue weighted by atomic mass is 32.1. The summed E-state index contributed by atoms with van der Waals surface area (Å²) in [7, 11) is 0. The quantitative estimate of drug-likeness (QED) is 0.304. The molecule has 2 aromatic carbocycles. The Morgan fingerprint density at radius 2 is 2.00 bits per heavy atom. The van der Waals surface area contributed by atoms with Crippen LogP contribution in [0.4, 0.5) is 11.4 Å². The summed E-state index contributed by atoms with van der Waals surface area (Å²) in [6.45, 7) is 13.3. The number of rotatable bonds is 11. The molecule has 0 unspecified atom stereocenters. The first kappa shape index (κ1) is 25.5. The maximum atomic E-state index is 5.91. The number of nitrogens with zero attached hydrogens (tertiary/aromatic N) is 2. The zero-order valence-corrected chi connectivity index (χ0v) is 21.7. The average Bonchev–Trinajstić information content (AvgIpc) is 2.81. The van der Waals surface area contributed by atoms with E-state index in [1.54, 1.807) is 0 Å². The van der Waals surface area contributed by atoms with E-state index in [1.165, 1.54) is 41.8 Å². The summed E-state index contributed by atoms with van der Waals surface area (Å²) in [6, 6.07) is 15.4. The third-order valence-electron chi connectivity index (χ3n) is 6.18. The van der Waals surface area contributed by atoms with Crippen LogP contribution in [0.25, 0.3) is 0 Å². The molecular weight excluding hydrogens is 426 g/mol. The van der Waals surface area contributed by atoms with E-state index in [9.17, 15) is 0 Å². The van der Waals surface area contributed by atoms with Crippen LogP contribution in [0.3, 0.4) is 0 Å². The fourth-order valence-electron chi connectivity index (χ4n) is 4.52. The van der Waals surface area contributed by atoms with E-state index in [0.717, 1.165) is 56.3 Å². The predicted molar refractivity (Wildman–Crippen MR) is 145 cm³/mol. The molecule has 4 nitrogen and oxygen atoms in total. The number of hydrogen-bond donors (Lipinski definition) is 1. The van der Waals surface area contributed by atoms with Gasteiger partial charge < -0.3 is 19.9 Å². The molecule has 2 aromatic rings. The highest BCUT2D eigenvalue weighted by Gasteiger charge is 2.18. The molecule has 1 aliphatic rings. The first-order chi connectivity index (χ1) is 16.0. The number of ether oxygens (including phenoxy) is 1. The summed E-state index contributed by atoms with van der Waals surface area (Å²) in [6.07, 6.45) is 5.77. The zero-order valence-electron chi connectivity index (χ0n) is 20.9. The first-order valence-electron chi connectivity index (χ1n) is 12.6. The van der Waals surface area contributed by atoms with Gasteiger partial charge in [-0.3, -0.25) is 0 Å². The van der Waals surface area contributed by atoms with Gasteiger partial charge in [-0.25, -0.2) is 0 Å². The molecule has 1 heterocycles. The van der Waals surface area contributed by atoms with Crippen molar-refractivity contribution in [3.63, 3.8) is 0 Å². The molecule has 180 valence electrons. The second-order valence-corrected chi connectivity index (χ2v) is 9.58. The lowest BCUT2D eigenvalue weighted by Crippen LogP contribution is -2.36. The molecule has 0 aliphatic carbocycles. The van der Waals surface area contributed by atoms with E-state index in [1.807, 2.05) is 0 Å². The smallest absolute Gasteiger partial charge is 0.173 e. The van der Waals surface area contributed by atoms with Crippen molar-refractivity contribution in [1.82, 2.24) is 4.90 Å². The van der Waals surface area contributed by atoms with Crippen molar-refractivity contribution >= 4 is 28.7 Å². The van der Waals surface area contributed by atoms with Gasteiger partial charge in [-0.05, 0) is 87.0 Å². The van der Waals surface area contributed by atoms with Crippen molar-refractivity contribution in [2.75, 3.05) is 36.5 Å². The van der Waals surface area contributed by atoms with Gasteiger partial charge >= 0.3 is 0 Å². The van der Waals surface area contributed by atoms with Gasteiger partial charge in [-0.2, -0.15) is 0 Å². The molecule has 0 atom stereocenters. The van der Waals surface area contributed by atoms with Crippen molar-refractivity contribution < 1.29 is 4.74 Å². The van der Waals surface area contributed by atoms with Gasteiger partial charge in [0.15, 0.2) is 5.11 Å². The van der Waals surface area contributed by atoms with Crippen molar-refractivity contribution in [2.24, 2.45) is 0 Å². The maximum absolute atomic E-state index is 5.91. The summed E-state index contributed by atoms with van der Waals surface area (Å²) in [5.41, 5.74) is 6.61. The summed E-state index contributed by atoms with van der Waals surface area (Å²) in [4.78, 5) is 4.83. The van der Waals surface area contributed by atoms with E-state index in [0.29, 0.717) is 0 Å². The molecular formula is C28H41N3OS. The Kier molecular flexibility index (Phi) is 10.0. The molecule has 1 N–H and O–H groups in total. The molecule has 1 aliphatic heterocycles. The van der Waals surface area contributed by atoms with Crippen LogP contribution in [0.5, 0.6) is 0 Å². The minimum atomic E-state index is 0.256.